The first-order valence-electron chi connectivity index (χ1n) is 6.13. The van der Waals surface area contributed by atoms with Crippen molar-refractivity contribution in [1.29, 1.82) is 0 Å². The second-order valence-electron chi connectivity index (χ2n) is 4.34. The Bertz CT molecular complexity index is 889. The van der Waals surface area contributed by atoms with E-state index in [1.54, 1.807) is 6.07 Å². The van der Waals surface area contributed by atoms with Gasteiger partial charge < -0.3 is 10.1 Å². The summed E-state index contributed by atoms with van der Waals surface area (Å²) in [5, 5.41) is 11.6. The van der Waals surface area contributed by atoms with Crippen molar-refractivity contribution in [1.82, 2.24) is 9.97 Å². The van der Waals surface area contributed by atoms with Crippen molar-refractivity contribution < 1.29 is 9.90 Å². The molecule has 0 aliphatic heterocycles. The molecule has 6 heteroatoms. The van der Waals surface area contributed by atoms with Crippen molar-refractivity contribution in [2.24, 2.45) is 0 Å². The Kier molecular flexibility index (Phi) is 3.45. The Balaban J connectivity index is 2.00. The Morgan fingerprint density at radius 3 is 2.81 bits per heavy atom. The Labute approximate surface area is 123 Å². The number of benzene rings is 1. The summed E-state index contributed by atoms with van der Waals surface area (Å²) in [5.41, 5.74) is -0.0133. The van der Waals surface area contributed by atoms with Gasteiger partial charge in [0, 0.05) is 11.6 Å². The van der Waals surface area contributed by atoms with E-state index in [0.29, 0.717) is 15.4 Å². The average molecular weight is 298 g/mol. The number of H-pyrrole nitrogens is 1. The van der Waals surface area contributed by atoms with Crippen LogP contribution in [0.2, 0.25) is 0 Å². The smallest absolute Gasteiger partial charge is 0.335 e. The normalized spacial score (nSPS) is 10.7. The number of nitrogens with one attached hydrogen (secondary N) is 1. The third-order valence-electron chi connectivity index (χ3n) is 2.93. The van der Waals surface area contributed by atoms with Gasteiger partial charge in [0.2, 0.25) is 0 Å². The molecule has 3 rings (SSSR count). The first kappa shape index (κ1) is 13.4. The first-order chi connectivity index (χ1) is 10.1. The lowest BCUT2D eigenvalue weighted by Gasteiger charge is -2.04. The Morgan fingerprint density at radius 2 is 2.00 bits per heavy atom. The second kappa shape index (κ2) is 5.41. The van der Waals surface area contributed by atoms with Crippen LogP contribution in [0.15, 0.2) is 63.5 Å². The summed E-state index contributed by atoms with van der Waals surface area (Å²) in [7, 11) is 0. The van der Waals surface area contributed by atoms with E-state index in [2.05, 4.69) is 9.97 Å². The van der Waals surface area contributed by atoms with Crippen LogP contribution in [0.25, 0.3) is 10.8 Å². The molecule has 21 heavy (non-hydrogen) atoms. The molecule has 0 atom stereocenters. The maximum atomic E-state index is 12.0. The van der Waals surface area contributed by atoms with Gasteiger partial charge in [-0.15, -0.1) is 0 Å². The number of hydrogen-bond acceptors (Lipinski definition) is 4. The highest BCUT2D eigenvalue weighted by molar-refractivity contribution is 7.99. The number of carboxylic acids is 1. The zero-order chi connectivity index (χ0) is 14.8. The summed E-state index contributed by atoms with van der Waals surface area (Å²) in [6.07, 6.45) is 1.44. The number of aromatic nitrogens is 2. The van der Waals surface area contributed by atoms with Gasteiger partial charge in [0.1, 0.15) is 5.03 Å². The summed E-state index contributed by atoms with van der Waals surface area (Å²) in [6, 6.07) is 12.0. The molecular weight excluding hydrogens is 288 g/mol. The standard InChI is InChI=1S/C15H10N2O3S/c18-14-11-4-2-1-3-9(11)7-13(17-14)21-12-8-10(15(19)20)5-6-16-12/h1-8H,(H,17,18)(H,19,20). The molecule has 0 saturated carbocycles. The molecule has 5 nitrogen and oxygen atoms in total. The van der Waals surface area contributed by atoms with Gasteiger partial charge in [0.15, 0.2) is 0 Å². The van der Waals surface area contributed by atoms with Crippen molar-refractivity contribution in [2.45, 2.75) is 10.1 Å². The predicted octanol–water partition coefficient (Wildman–Crippen LogP) is 2.77. The van der Waals surface area contributed by atoms with Crippen molar-refractivity contribution >= 4 is 28.5 Å². The van der Waals surface area contributed by atoms with Crippen LogP contribution in [-0.2, 0) is 0 Å². The highest BCUT2D eigenvalue weighted by Gasteiger charge is 2.07. The number of aromatic carboxylic acids is 1. The predicted molar refractivity (Wildman–Crippen MR) is 79.9 cm³/mol. The molecule has 0 saturated heterocycles. The summed E-state index contributed by atoms with van der Waals surface area (Å²) in [6.45, 7) is 0. The number of pyridine rings is 2. The number of hydrogen-bond donors (Lipinski definition) is 2. The fourth-order valence-corrected chi connectivity index (χ4v) is 2.81. The van der Waals surface area contributed by atoms with Crippen LogP contribution in [0.1, 0.15) is 10.4 Å². The molecule has 0 unspecified atom stereocenters. The lowest BCUT2D eigenvalue weighted by atomic mass is 10.2. The fourth-order valence-electron chi connectivity index (χ4n) is 1.95. The summed E-state index contributed by atoms with van der Waals surface area (Å²) < 4.78 is 0. The molecule has 0 aliphatic rings. The minimum atomic E-state index is -1.01. The van der Waals surface area contributed by atoms with Crippen molar-refractivity contribution in [2.75, 3.05) is 0 Å². The van der Waals surface area contributed by atoms with Gasteiger partial charge in [-0.3, -0.25) is 4.79 Å². The van der Waals surface area contributed by atoms with Crippen LogP contribution in [0.3, 0.4) is 0 Å². The van der Waals surface area contributed by atoms with E-state index in [1.165, 1.54) is 30.1 Å². The zero-order valence-corrected chi connectivity index (χ0v) is 11.6. The Hall–Kier alpha value is -2.60. The minimum absolute atomic E-state index is 0.163. The van der Waals surface area contributed by atoms with Crippen LogP contribution in [0, 0.1) is 0 Å². The molecule has 0 fully saturated rings. The molecule has 0 bridgehead atoms. The molecule has 3 aromatic rings. The highest BCUT2D eigenvalue weighted by atomic mass is 32.2. The topological polar surface area (TPSA) is 83.0 Å². The number of carboxylic acid groups (broad SMARTS) is 1. The average Bonchev–Trinajstić information content (AvgIpc) is 2.47. The monoisotopic (exact) mass is 298 g/mol. The van der Waals surface area contributed by atoms with E-state index in [9.17, 15) is 9.59 Å². The van der Waals surface area contributed by atoms with E-state index < -0.39 is 5.97 Å². The number of carbonyl (C=O) groups is 1. The molecule has 0 amide bonds. The van der Waals surface area contributed by atoms with Gasteiger partial charge >= 0.3 is 5.97 Å². The van der Waals surface area contributed by atoms with Gasteiger partial charge in [0.05, 0.1) is 10.6 Å². The SMILES string of the molecule is O=C(O)c1ccnc(Sc2cc3ccccc3c(=O)[nH]2)c1. The van der Waals surface area contributed by atoms with E-state index >= 15 is 0 Å². The van der Waals surface area contributed by atoms with E-state index in [1.807, 2.05) is 24.3 Å². The maximum absolute atomic E-state index is 12.0. The van der Waals surface area contributed by atoms with Crippen molar-refractivity contribution in [3.8, 4) is 0 Å². The van der Waals surface area contributed by atoms with Crippen LogP contribution in [0.4, 0.5) is 0 Å². The van der Waals surface area contributed by atoms with Gasteiger partial charge in [-0.05, 0) is 29.7 Å². The van der Waals surface area contributed by atoms with E-state index in [-0.39, 0.29) is 11.1 Å². The van der Waals surface area contributed by atoms with Crippen molar-refractivity contribution in [3.05, 3.63) is 64.6 Å². The van der Waals surface area contributed by atoms with Gasteiger partial charge in [-0.2, -0.15) is 0 Å². The fraction of sp³-hybridized carbons (Fsp3) is 0. The molecule has 1 aromatic carbocycles. The van der Waals surface area contributed by atoms with Gasteiger partial charge in [-0.1, -0.05) is 30.0 Å². The first-order valence-corrected chi connectivity index (χ1v) is 6.94. The lowest BCUT2D eigenvalue weighted by Crippen LogP contribution is -2.06. The molecule has 104 valence electrons. The molecule has 0 spiro atoms. The minimum Gasteiger partial charge on any atom is -0.478 e. The third-order valence-corrected chi connectivity index (χ3v) is 3.80. The van der Waals surface area contributed by atoms with Gasteiger partial charge in [0.25, 0.3) is 5.56 Å². The van der Waals surface area contributed by atoms with Crippen LogP contribution in [0.5, 0.6) is 0 Å². The molecular formula is C15H10N2O3S. The Morgan fingerprint density at radius 1 is 1.19 bits per heavy atom. The van der Waals surface area contributed by atoms with Crippen LogP contribution in [-0.4, -0.2) is 21.0 Å². The summed E-state index contributed by atoms with van der Waals surface area (Å²) >= 11 is 1.22. The van der Waals surface area contributed by atoms with Gasteiger partial charge in [-0.25, -0.2) is 9.78 Å². The molecule has 2 heterocycles. The van der Waals surface area contributed by atoms with E-state index in [4.69, 9.17) is 5.11 Å². The number of rotatable bonds is 3. The number of fused-ring (bicyclic) bond motifs is 1. The number of nitrogens with zero attached hydrogens (tertiary/aromatic N) is 1. The summed E-state index contributed by atoms with van der Waals surface area (Å²) in [5.74, 6) is -1.01. The maximum Gasteiger partial charge on any atom is 0.335 e. The van der Waals surface area contributed by atoms with Crippen LogP contribution >= 0.6 is 11.8 Å². The molecule has 2 N–H and O–H groups in total. The molecule has 0 radical (unpaired) electrons. The highest BCUT2D eigenvalue weighted by Crippen LogP contribution is 2.25. The zero-order valence-electron chi connectivity index (χ0n) is 10.7. The summed E-state index contributed by atoms with van der Waals surface area (Å²) in [4.78, 5) is 29.8. The third kappa shape index (κ3) is 2.80. The second-order valence-corrected chi connectivity index (χ2v) is 5.40. The largest absolute Gasteiger partial charge is 0.478 e. The number of aromatic amines is 1. The lowest BCUT2D eigenvalue weighted by molar-refractivity contribution is 0.0696. The molecule has 0 aliphatic carbocycles. The quantitative estimate of drug-likeness (QED) is 0.777. The van der Waals surface area contributed by atoms with Crippen LogP contribution < -0.4 is 5.56 Å². The molecule has 2 aromatic heterocycles. The van der Waals surface area contributed by atoms with E-state index in [0.717, 1.165) is 5.39 Å². The van der Waals surface area contributed by atoms with Crippen molar-refractivity contribution in [3.63, 3.8) is 0 Å².